The molecule has 2 nitrogen and oxygen atoms in total. The standard InChI is InChI=1S/C16H13IN2S/c17-14-8-6-13(7-9-14)15-11-20-16(19-15)18-10-12-4-2-1-3-5-12/h1-9,11H,10H2,(H,18,19). The van der Waals surface area contributed by atoms with E-state index >= 15 is 0 Å². The van der Waals surface area contributed by atoms with E-state index in [4.69, 9.17) is 0 Å². The SMILES string of the molecule is Ic1ccc(-c2csc(NCc3ccccc3)n2)cc1. The molecule has 0 fully saturated rings. The summed E-state index contributed by atoms with van der Waals surface area (Å²) < 4.78 is 1.24. The lowest BCUT2D eigenvalue weighted by atomic mass is 10.2. The van der Waals surface area contributed by atoms with E-state index in [1.54, 1.807) is 11.3 Å². The lowest BCUT2D eigenvalue weighted by molar-refractivity contribution is 1.14. The van der Waals surface area contributed by atoms with E-state index in [1.807, 2.05) is 6.07 Å². The van der Waals surface area contributed by atoms with Crippen molar-refractivity contribution in [2.24, 2.45) is 0 Å². The molecule has 0 radical (unpaired) electrons. The summed E-state index contributed by atoms with van der Waals surface area (Å²) in [6, 6.07) is 18.8. The number of hydrogen-bond acceptors (Lipinski definition) is 3. The Hall–Kier alpha value is -1.40. The summed E-state index contributed by atoms with van der Waals surface area (Å²) in [7, 11) is 0. The summed E-state index contributed by atoms with van der Waals surface area (Å²) in [4.78, 5) is 4.63. The topological polar surface area (TPSA) is 24.9 Å². The van der Waals surface area contributed by atoms with Crippen LogP contribution in [0.1, 0.15) is 5.56 Å². The highest BCUT2D eigenvalue weighted by atomic mass is 127. The molecule has 0 aliphatic heterocycles. The molecule has 100 valence electrons. The first-order valence-electron chi connectivity index (χ1n) is 6.30. The number of anilines is 1. The molecule has 0 saturated heterocycles. The van der Waals surface area contributed by atoms with E-state index in [2.05, 4.69) is 86.8 Å². The number of nitrogens with one attached hydrogen (secondary N) is 1. The van der Waals surface area contributed by atoms with Crippen LogP contribution < -0.4 is 5.32 Å². The van der Waals surface area contributed by atoms with E-state index in [0.717, 1.165) is 22.9 Å². The Kier molecular flexibility index (Phi) is 4.32. The van der Waals surface area contributed by atoms with Crippen molar-refractivity contribution >= 4 is 39.1 Å². The zero-order valence-electron chi connectivity index (χ0n) is 10.7. The maximum absolute atomic E-state index is 4.63. The van der Waals surface area contributed by atoms with Crippen molar-refractivity contribution in [1.82, 2.24) is 4.98 Å². The molecule has 1 heterocycles. The molecule has 1 N–H and O–H groups in total. The van der Waals surface area contributed by atoms with E-state index in [0.29, 0.717) is 0 Å². The Morgan fingerprint density at radius 1 is 1.00 bits per heavy atom. The molecular weight excluding hydrogens is 379 g/mol. The van der Waals surface area contributed by atoms with Gasteiger partial charge in [-0.05, 0) is 40.3 Å². The zero-order chi connectivity index (χ0) is 13.8. The van der Waals surface area contributed by atoms with Crippen LogP contribution >= 0.6 is 33.9 Å². The minimum absolute atomic E-state index is 0.806. The molecule has 0 aliphatic carbocycles. The minimum Gasteiger partial charge on any atom is -0.357 e. The van der Waals surface area contributed by atoms with Crippen molar-refractivity contribution in [2.45, 2.75) is 6.54 Å². The molecule has 0 amide bonds. The summed E-state index contributed by atoms with van der Waals surface area (Å²) in [5.74, 6) is 0. The van der Waals surface area contributed by atoms with Gasteiger partial charge >= 0.3 is 0 Å². The fourth-order valence-corrected chi connectivity index (χ4v) is 2.96. The van der Waals surface area contributed by atoms with Crippen molar-refractivity contribution in [3.05, 3.63) is 69.1 Å². The summed E-state index contributed by atoms with van der Waals surface area (Å²) in [5.41, 5.74) is 3.45. The molecule has 20 heavy (non-hydrogen) atoms. The number of rotatable bonds is 4. The van der Waals surface area contributed by atoms with E-state index in [-0.39, 0.29) is 0 Å². The van der Waals surface area contributed by atoms with Crippen LogP contribution in [0.2, 0.25) is 0 Å². The van der Waals surface area contributed by atoms with Gasteiger partial charge in [-0.25, -0.2) is 4.98 Å². The van der Waals surface area contributed by atoms with Gasteiger partial charge in [-0.2, -0.15) is 0 Å². The van der Waals surface area contributed by atoms with Gasteiger partial charge in [-0.15, -0.1) is 11.3 Å². The molecule has 0 aliphatic rings. The van der Waals surface area contributed by atoms with Gasteiger partial charge in [0.25, 0.3) is 0 Å². The predicted octanol–water partition coefficient (Wildman–Crippen LogP) is 5.03. The molecule has 1 aromatic heterocycles. The fraction of sp³-hybridized carbons (Fsp3) is 0.0625. The molecule has 0 unspecified atom stereocenters. The van der Waals surface area contributed by atoms with Crippen LogP contribution in [0.5, 0.6) is 0 Å². The van der Waals surface area contributed by atoms with Gasteiger partial charge in [0.2, 0.25) is 0 Å². The molecule has 0 atom stereocenters. The summed E-state index contributed by atoms with van der Waals surface area (Å²) >= 11 is 3.95. The van der Waals surface area contributed by atoms with Crippen LogP contribution in [0.4, 0.5) is 5.13 Å². The summed E-state index contributed by atoms with van der Waals surface area (Å²) in [6.07, 6.45) is 0. The highest BCUT2D eigenvalue weighted by molar-refractivity contribution is 14.1. The third-order valence-corrected chi connectivity index (χ3v) is 4.45. The average Bonchev–Trinajstić information content (AvgIpc) is 2.96. The second-order valence-corrected chi connectivity index (χ2v) is 6.49. The molecule has 3 aromatic rings. The van der Waals surface area contributed by atoms with Crippen LogP contribution in [0.3, 0.4) is 0 Å². The maximum atomic E-state index is 4.63. The number of nitrogens with zero attached hydrogens (tertiary/aromatic N) is 1. The lowest BCUT2D eigenvalue weighted by Crippen LogP contribution is -1.98. The van der Waals surface area contributed by atoms with Crippen LogP contribution in [0, 0.1) is 3.57 Å². The quantitative estimate of drug-likeness (QED) is 0.631. The first-order valence-corrected chi connectivity index (χ1v) is 8.26. The van der Waals surface area contributed by atoms with Crippen molar-refractivity contribution < 1.29 is 0 Å². The largest absolute Gasteiger partial charge is 0.357 e. The predicted molar refractivity (Wildman–Crippen MR) is 94.0 cm³/mol. The van der Waals surface area contributed by atoms with E-state index in [1.165, 1.54) is 9.13 Å². The van der Waals surface area contributed by atoms with Gasteiger partial charge in [0, 0.05) is 21.1 Å². The molecule has 0 bridgehead atoms. The maximum Gasteiger partial charge on any atom is 0.183 e. The Morgan fingerprint density at radius 2 is 1.75 bits per heavy atom. The monoisotopic (exact) mass is 392 g/mol. The molecule has 4 heteroatoms. The number of benzene rings is 2. The Labute approximate surface area is 136 Å². The van der Waals surface area contributed by atoms with Gasteiger partial charge in [0.1, 0.15) is 0 Å². The van der Waals surface area contributed by atoms with Gasteiger partial charge in [-0.1, -0.05) is 42.5 Å². The smallest absolute Gasteiger partial charge is 0.183 e. The molecule has 2 aromatic carbocycles. The van der Waals surface area contributed by atoms with Gasteiger partial charge < -0.3 is 5.32 Å². The highest BCUT2D eigenvalue weighted by Gasteiger charge is 2.04. The fourth-order valence-electron chi connectivity index (χ4n) is 1.88. The lowest BCUT2D eigenvalue weighted by Gasteiger charge is -2.02. The van der Waals surface area contributed by atoms with Crippen LogP contribution in [0.15, 0.2) is 60.0 Å². The molecular formula is C16H13IN2S. The number of halogens is 1. The molecule has 3 rings (SSSR count). The van der Waals surface area contributed by atoms with Crippen molar-refractivity contribution in [1.29, 1.82) is 0 Å². The third-order valence-electron chi connectivity index (χ3n) is 2.93. The normalized spacial score (nSPS) is 10.4. The van der Waals surface area contributed by atoms with Crippen LogP contribution in [-0.4, -0.2) is 4.98 Å². The first kappa shape index (κ1) is 13.6. The molecule has 0 saturated carbocycles. The van der Waals surface area contributed by atoms with Crippen LogP contribution in [-0.2, 0) is 6.54 Å². The first-order chi connectivity index (χ1) is 9.81. The highest BCUT2D eigenvalue weighted by Crippen LogP contribution is 2.25. The second-order valence-electron chi connectivity index (χ2n) is 4.38. The van der Waals surface area contributed by atoms with Crippen molar-refractivity contribution in [3.63, 3.8) is 0 Å². The Balaban J connectivity index is 1.69. The number of hydrogen-bond donors (Lipinski definition) is 1. The Bertz CT molecular complexity index is 677. The van der Waals surface area contributed by atoms with Crippen molar-refractivity contribution in [3.8, 4) is 11.3 Å². The minimum atomic E-state index is 0.806. The Morgan fingerprint density at radius 3 is 2.50 bits per heavy atom. The third kappa shape index (κ3) is 3.37. The second kappa shape index (κ2) is 6.37. The van der Waals surface area contributed by atoms with Gasteiger partial charge in [0.15, 0.2) is 5.13 Å². The van der Waals surface area contributed by atoms with Crippen LogP contribution in [0.25, 0.3) is 11.3 Å². The van der Waals surface area contributed by atoms with E-state index < -0.39 is 0 Å². The van der Waals surface area contributed by atoms with E-state index in [9.17, 15) is 0 Å². The number of thiazole rings is 1. The zero-order valence-corrected chi connectivity index (χ0v) is 13.7. The average molecular weight is 392 g/mol. The summed E-state index contributed by atoms with van der Waals surface area (Å²) in [5, 5.41) is 6.42. The molecule has 0 spiro atoms. The van der Waals surface area contributed by atoms with Gasteiger partial charge in [-0.3, -0.25) is 0 Å². The number of aromatic nitrogens is 1. The summed E-state index contributed by atoms with van der Waals surface area (Å²) in [6.45, 7) is 0.806. The van der Waals surface area contributed by atoms with Gasteiger partial charge in [0.05, 0.1) is 5.69 Å². The van der Waals surface area contributed by atoms with Crippen molar-refractivity contribution in [2.75, 3.05) is 5.32 Å².